The number of hydrogen-bond donors (Lipinski definition) is 0. The van der Waals surface area contributed by atoms with Crippen LogP contribution in [0.1, 0.15) is 0 Å². The molecular formula is C11H3Cl5N2O2S. The monoisotopic (exact) mass is 402 g/mol. The first-order valence-electron chi connectivity index (χ1n) is 5.12. The van der Waals surface area contributed by atoms with Gasteiger partial charge in [0.1, 0.15) is 11.2 Å². The Kier molecular flexibility index (Phi) is 5.46. The molecule has 110 valence electrons. The molecule has 4 nitrogen and oxygen atoms in total. The summed E-state index contributed by atoms with van der Waals surface area (Å²) < 4.78 is 0. The minimum atomic E-state index is -0.544. The Hall–Kier alpha value is -0.430. The zero-order chi connectivity index (χ0) is 15.7. The molecule has 2 aromatic rings. The van der Waals surface area contributed by atoms with E-state index in [1.165, 1.54) is 12.1 Å². The van der Waals surface area contributed by atoms with Gasteiger partial charge >= 0.3 is 0 Å². The van der Waals surface area contributed by atoms with Crippen LogP contribution >= 0.6 is 69.8 Å². The Balaban J connectivity index is 2.42. The van der Waals surface area contributed by atoms with Crippen LogP contribution in [-0.2, 0) is 0 Å². The molecule has 0 saturated heterocycles. The molecule has 0 spiro atoms. The number of rotatable bonds is 3. The fourth-order valence-corrected chi connectivity index (χ4v) is 3.64. The Bertz CT molecular complexity index is 695. The number of benzene rings is 1. The number of aromatic nitrogens is 1. The van der Waals surface area contributed by atoms with Crippen molar-refractivity contribution in [2.75, 3.05) is 0 Å². The number of halogens is 5. The van der Waals surface area contributed by atoms with Crippen LogP contribution in [0.15, 0.2) is 28.3 Å². The largest absolute Gasteiger partial charge is 0.287 e. The number of nitrogens with zero attached hydrogens (tertiary/aromatic N) is 2. The fraction of sp³-hybridized carbons (Fsp3) is 0. The molecule has 21 heavy (non-hydrogen) atoms. The molecule has 0 aliphatic rings. The van der Waals surface area contributed by atoms with Crippen molar-refractivity contribution >= 4 is 75.5 Å². The minimum absolute atomic E-state index is 0.0642. The van der Waals surface area contributed by atoms with Crippen molar-refractivity contribution in [3.05, 3.63) is 53.6 Å². The van der Waals surface area contributed by atoms with Crippen molar-refractivity contribution in [1.82, 2.24) is 4.98 Å². The number of nitro groups is 1. The molecule has 0 saturated carbocycles. The summed E-state index contributed by atoms with van der Waals surface area (Å²) in [6, 6.07) is 2.78. The summed E-state index contributed by atoms with van der Waals surface area (Å²) in [5.74, 6) is 0. The van der Waals surface area contributed by atoms with E-state index in [-0.39, 0.29) is 30.8 Å². The first-order valence-corrected chi connectivity index (χ1v) is 7.83. The van der Waals surface area contributed by atoms with Crippen molar-refractivity contribution in [2.24, 2.45) is 0 Å². The Morgan fingerprint density at radius 3 is 1.90 bits per heavy atom. The summed E-state index contributed by atoms with van der Waals surface area (Å²) in [5, 5.41) is 11.5. The lowest BCUT2D eigenvalue weighted by molar-refractivity contribution is -0.385. The van der Waals surface area contributed by atoms with Gasteiger partial charge in [0.2, 0.25) is 0 Å². The van der Waals surface area contributed by atoms with E-state index in [9.17, 15) is 10.1 Å². The van der Waals surface area contributed by atoms with Crippen molar-refractivity contribution in [3.63, 3.8) is 0 Å². The molecule has 0 bridgehead atoms. The van der Waals surface area contributed by atoms with Crippen molar-refractivity contribution in [3.8, 4) is 0 Å². The van der Waals surface area contributed by atoms with Gasteiger partial charge in [-0.25, -0.2) is 4.98 Å². The van der Waals surface area contributed by atoms with Gasteiger partial charge in [0.25, 0.3) is 5.69 Å². The molecule has 0 N–H and O–H groups in total. The molecule has 0 unspecified atom stereocenters. The highest BCUT2D eigenvalue weighted by molar-refractivity contribution is 7.99. The van der Waals surface area contributed by atoms with Crippen LogP contribution < -0.4 is 0 Å². The van der Waals surface area contributed by atoms with Gasteiger partial charge < -0.3 is 0 Å². The lowest BCUT2D eigenvalue weighted by Crippen LogP contribution is -1.90. The zero-order valence-corrected chi connectivity index (χ0v) is 14.3. The average molecular weight is 404 g/mol. The molecule has 10 heteroatoms. The smallest absolute Gasteiger partial charge is 0.258 e. The lowest BCUT2D eigenvalue weighted by Gasteiger charge is -2.11. The summed E-state index contributed by atoms with van der Waals surface area (Å²) in [6.45, 7) is 0. The van der Waals surface area contributed by atoms with E-state index in [1.54, 1.807) is 0 Å². The first-order chi connectivity index (χ1) is 9.82. The van der Waals surface area contributed by atoms with Crippen molar-refractivity contribution in [2.45, 2.75) is 9.92 Å². The second kappa shape index (κ2) is 6.77. The molecule has 0 amide bonds. The summed E-state index contributed by atoms with van der Waals surface area (Å²) in [4.78, 5) is 14.3. The van der Waals surface area contributed by atoms with Gasteiger partial charge in [-0.1, -0.05) is 69.8 Å². The predicted octanol–water partition coefficient (Wildman–Crippen LogP) is 6.41. The maximum atomic E-state index is 10.6. The topological polar surface area (TPSA) is 56.0 Å². The van der Waals surface area contributed by atoms with E-state index < -0.39 is 4.92 Å². The second-order valence-electron chi connectivity index (χ2n) is 3.61. The van der Waals surface area contributed by atoms with Gasteiger partial charge in [-0.05, 0) is 6.07 Å². The Morgan fingerprint density at radius 1 is 0.952 bits per heavy atom. The van der Waals surface area contributed by atoms with Gasteiger partial charge in [0.05, 0.1) is 34.9 Å². The van der Waals surface area contributed by atoms with Crippen molar-refractivity contribution < 1.29 is 4.92 Å². The zero-order valence-electron chi connectivity index (χ0n) is 9.74. The molecule has 1 aromatic heterocycles. The third-order valence-electron chi connectivity index (χ3n) is 2.31. The normalized spacial score (nSPS) is 10.7. The van der Waals surface area contributed by atoms with E-state index in [1.807, 2.05) is 0 Å². The van der Waals surface area contributed by atoms with Gasteiger partial charge in [-0.15, -0.1) is 0 Å². The lowest BCUT2D eigenvalue weighted by atomic mass is 10.3. The van der Waals surface area contributed by atoms with Crippen LogP contribution in [0.4, 0.5) is 5.69 Å². The molecular weight excluding hydrogens is 401 g/mol. The summed E-state index contributed by atoms with van der Waals surface area (Å²) in [7, 11) is 0. The molecule has 0 radical (unpaired) electrons. The van der Waals surface area contributed by atoms with Crippen LogP contribution in [0.2, 0.25) is 25.1 Å². The third kappa shape index (κ3) is 3.50. The van der Waals surface area contributed by atoms with Crippen LogP contribution in [0, 0.1) is 10.1 Å². The molecule has 0 aliphatic heterocycles. The maximum Gasteiger partial charge on any atom is 0.287 e. The molecule has 0 atom stereocenters. The number of pyridine rings is 1. The summed E-state index contributed by atoms with van der Waals surface area (Å²) in [5.41, 5.74) is -0.122. The summed E-state index contributed by atoms with van der Waals surface area (Å²) in [6.07, 6.45) is 1.13. The maximum absolute atomic E-state index is 10.6. The van der Waals surface area contributed by atoms with Crippen LogP contribution in [0.5, 0.6) is 0 Å². The van der Waals surface area contributed by atoms with Crippen LogP contribution in [-0.4, -0.2) is 9.91 Å². The van der Waals surface area contributed by atoms with Crippen LogP contribution in [0.25, 0.3) is 0 Å². The molecule has 0 fully saturated rings. The molecule has 2 rings (SSSR count). The van der Waals surface area contributed by atoms with Gasteiger partial charge in [-0.3, -0.25) is 10.1 Å². The average Bonchev–Trinajstić information content (AvgIpc) is 2.48. The third-order valence-corrected chi connectivity index (χ3v) is 5.87. The fourth-order valence-electron chi connectivity index (χ4n) is 1.32. The van der Waals surface area contributed by atoms with E-state index in [0.29, 0.717) is 9.92 Å². The van der Waals surface area contributed by atoms with Gasteiger partial charge in [0.15, 0.2) is 0 Å². The quantitative estimate of drug-likeness (QED) is 0.257. The Morgan fingerprint density at radius 2 is 1.48 bits per heavy atom. The Labute approximate surface area is 148 Å². The van der Waals surface area contributed by atoms with E-state index in [4.69, 9.17) is 58.0 Å². The first kappa shape index (κ1) is 16.9. The highest BCUT2D eigenvalue weighted by Crippen LogP contribution is 2.49. The van der Waals surface area contributed by atoms with Gasteiger partial charge in [0, 0.05) is 6.07 Å². The van der Waals surface area contributed by atoms with E-state index in [2.05, 4.69) is 4.98 Å². The highest BCUT2D eigenvalue weighted by Gasteiger charge is 2.20. The minimum Gasteiger partial charge on any atom is -0.258 e. The SMILES string of the molecule is O=[N+]([O-])c1ccc(Sc2c(Cl)c(Cl)c(Cl)c(Cl)c2Cl)nc1. The summed E-state index contributed by atoms with van der Waals surface area (Å²) >= 11 is 31.1. The predicted molar refractivity (Wildman–Crippen MR) is 86.5 cm³/mol. The molecule has 1 heterocycles. The second-order valence-corrected chi connectivity index (χ2v) is 6.53. The molecule has 1 aromatic carbocycles. The van der Waals surface area contributed by atoms with Crippen LogP contribution in [0.3, 0.4) is 0 Å². The standard InChI is InChI=1S/C11H3Cl5N2O2S/c12-6-7(13)9(15)11(10(16)8(6)14)21-5-2-1-4(3-17-5)18(19)20/h1-3H. The van der Waals surface area contributed by atoms with E-state index in [0.717, 1.165) is 18.0 Å². The van der Waals surface area contributed by atoms with Gasteiger partial charge in [-0.2, -0.15) is 0 Å². The number of hydrogen-bond acceptors (Lipinski definition) is 4. The molecule has 0 aliphatic carbocycles. The van der Waals surface area contributed by atoms with E-state index >= 15 is 0 Å². The van der Waals surface area contributed by atoms with Crippen molar-refractivity contribution in [1.29, 1.82) is 0 Å². The highest BCUT2D eigenvalue weighted by atomic mass is 35.5.